The summed E-state index contributed by atoms with van der Waals surface area (Å²) >= 11 is 0. The first-order chi connectivity index (χ1) is 14.7. The number of hydrogen-bond acceptors (Lipinski definition) is 2. The van der Waals surface area contributed by atoms with Crippen LogP contribution in [0.1, 0.15) is 16.7 Å². The monoisotopic (exact) mass is 400 g/mol. The van der Waals surface area contributed by atoms with Crippen molar-refractivity contribution in [2.24, 2.45) is 4.99 Å². The van der Waals surface area contributed by atoms with E-state index in [-0.39, 0.29) is 0 Å². The molecule has 4 aromatic rings. The molecule has 0 bridgehead atoms. The van der Waals surface area contributed by atoms with Crippen molar-refractivity contribution in [3.63, 3.8) is 0 Å². The Morgan fingerprint density at radius 3 is 2.57 bits per heavy atom. The van der Waals surface area contributed by atoms with Crippen LogP contribution in [0.5, 0.6) is 0 Å². The van der Waals surface area contributed by atoms with E-state index in [4.69, 9.17) is 0 Å². The molecule has 0 aliphatic carbocycles. The predicted molar refractivity (Wildman–Crippen MR) is 123 cm³/mol. The maximum atomic E-state index is 4.34. The summed E-state index contributed by atoms with van der Waals surface area (Å²) in [5.74, 6) is 0.833. The minimum Gasteiger partial charge on any atom is -0.361 e. The van der Waals surface area contributed by atoms with Crippen LogP contribution in [0.15, 0.2) is 72.1 Å². The Bertz CT molecular complexity index is 1110. The van der Waals surface area contributed by atoms with Crippen LogP contribution in [-0.4, -0.2) is 40.9 Å². The average molecular weight is 401 g/mol. The van der Waals surface area contributed by atoms with Crippen LogP contribution in [0, 0.1) is 6.92 Å². The van der Waals surface area contributed by atoms with Crippen LogP contribution in [-0.2, 0) is 12.8 Å². The van der Waals surface area contributed by atoms with Gasteiger partial charge in [0.1, 0.15) is 0 Å². The summed E-state index contributed by atoms with van der Waals surface area (Å²) in [7, 11) is 1.81. The molecular formula is C24H28N6. The fourth-order valence-corrected chi connectivity index (χ4v) is 3.67. The molecule has 0 unspecified atom stereocenters. The van der Waals surface area contributed by atoms with Gasteiger partial charge >= 0.3 is 0 Å². The highest BCUT2D eigenvalue weighted by Gasteiger charge is 2.06. The van der Waals surface area contributed by atoms with Gasteiger partial charge in [0.2, 0.25) is 0 Å². The molecule has 0 atom stereocenters. The molecule has 0 amide bonds. The van der Waals surface area contributed by atoms with E-state index in [1.165, 1.54) is 27.6 Å². The third-order valence-corrected chi connectivity index (χ3v) is 5.33. The molecule has 0 saturated carbocycles. The van der Waals surface area contributed by atoms with E-state index in [0.29, 0.717) is 0 Å². The highest BCUT2D eigenvalue weighted by molar-refractivity contribution is 5.86. The van der Waals surface area contributed by atoms with E-state index >= 15 is 0 Å². The van der Waals surface area contributed by atoms with Crippen LogP contribution in [0.2, 0.25) is 0 Å². The van der Waals surface area contributed by atoms with Gasteiger partial charge in [0.05, 0.1) is 5.69 Å². The van der Waals surface area contributed by atoms with Crippen molar-refractivity contribution in [3.05, 3.63) is 83.8 Å². The van der Waals surface area contributed by atoms with E-state index in [0.717, 1.165) is 37.6 Å². The van der Waals surface area contributed by atoms with Gasteiger partial charge in [-0.1, -0.05) is 30.3 Å². The Morgan fingerprint density at radius 1 is 1.03 bits per heavy atom. The lowest BCUT2D eigenvalue weighted by atomic mass is 10.1. The van der Waals surface area contributed by atoms with Gasteiger partial charge in [-0.2, -0.15) is 5.10 Å². The maximum Gasteiger partial charge on any atom is 0.190 e. The molecule has 2 heterocycles. The average Bonchev–Trinajstić information content (AvgIpc) is 3.44. The molecular weight excluding hydrogens is 372 g/mol. The van der Waals surface area contributed by atoms with E-state index in [1.54, 1.807) is 6.20 Å². The molecule has 6 heteroatoms. The second-order valence-corrected chi connectivity index (χ2v) is 7.35. The van der Waals surface area contributed by atoms with E-state index < -0.39 is 0 Å². The quantitative estimate of drug-likeness (QED) is 0.328. The van der Waals surface area contributed by atoms with Crippen molar-refractivity contribution in [1.82, 2.24) is 25.4 Å². The fourth-order valence-electron chi connectivity index (χ4n) is 3.67. The molecule has 30 heavy (non-hydrogen) atoms. The summed E-state index contributed by atoms with van der Waals surface area (Å²) in [6.07, 6.45) is 7.73. The zero-order chi connectivity index (χ0) is 20.8. The number of aliphatic imine (C=N–C) groups is 1. The Balaban J connectivity index is 1.23. The largest absolute Gasteiger partial charge is 0.361 e. The standard InChI is InChI=1S/C24H28N6/c1-18-5-3-6-22-20(17-28-23(18)22)12-15-27-24(25-2)26-14-11-19-7-9-21(10-8-19)30-16-4-13-29-30/h3-10,13,16-17,28H,11-12,14-15H2,1-2H3,(H2,25,26,27). The second-order valence-electron chi connectivity index (χ2n) is 7.35. The molecule has 0 spiro atoms. The number of guanidine groups is 1. The van der Waals surface area contributed by atoms with E-state index in [9.17, 15) is 0 Å². The highest BCUT2D eigenvalue weighted by Crippen LogP contribution is 2.21. The molecule has 0 aliphatic rings. The number of aryl methyl sites for hydroxylation is 1. The van der Waals surface area contributed by atoms with Gasteiger partial charge < -0.3 is 15.6 Å². The van der Waals surface area contributed by atoms with Gasteiger partial charge in [-0.3, -0.25) is 4.99 Å². The molecule has 3 N–H and O–H groups in total. The van der Waals surface area contributed by atoms with Crippen LogP contribution >= 0.6 is 0 Å². The number of aromatic nitrogens is 3. The van der Waals surface area contributed by atoms with Crippen LogP contribution < -0.4 is 10.6 Å². The number of para-hydroxylation sites is 1. The third-order valence-electron chi connectivity index (χ3n) is 5.33. The van der Waals surface area contributed by atoms with Crippen molar-refractivity contribution < 1.29 is 0 Å². The highest BCUT2D eigenvalue weighted by atomic mass is 15.3. The van der Waals surface area contributed by atoms with Gasteiger partial charge in [0.15, 0.2) is 5.96 Å². The zero-order valence-corrected chi connectivity index (χ0v) is 17.5. The summed E-state index contributed by atoms with van der Waals surface area (Å²) in [4.78, 5) is 7.73. The normalized spacial score (nSPS) is 11.7. The Labute approximate surface area is 177 Å². The van der Waals surface area contributed by atoms with Crippen LogP contribution in [0.3, 0.4) is 0 Å². The van der Waals surface area contributed by atoms with Gasteiger partial charge in [0, 0.05) is 49.6 Å². The number of hydrogen-bond donors (Lipinski definition) is 3. The first kappa shape index (κ1) is 19.8. The number of fused-ring (bicyclic) bond motifs is 1. The lowest BCUT2D eigenvalue weighted by Crippen LogP contribution is -2.39. The zero-order valence-electron chi connectivity index (χ0n) is 17.5. The van der Waals surface area contributed by atoms with Gasteiger partial charge in [-0.05, 0) is 54.7 Å². The molecule has 0 radical (unpaired) electrons. The summed E-state index contributed by atoms with van der Waals surface area (Å²) in [6.45, 7) is 3.80. The summed E-state index contributed by atoms with van der Waals surface area (Å²) < 4.78 is 1.86. The fraction of sp³-hybridized carbons (Fsp3) is 0.250. The molecule has 4 rings (SSSR count). The molecule has 0 aliphatic heterocycles. The number of H-pyrrole nitrogens is 1. The molecule has 2 aromatic heterocycles. The van der Waals surface area contributed by atoms with Crippen molar-refractivity contribution in [3.8, 4) is 5.69 Å². The van der Waals surface area contributed by atoms with Gasteiger partial charge in [-0.15, -0.1) is 0 Å². The Kier molecular flexibility index (Phi) is 6.13. The predicted octanol–water partition coefficient (Wildman–Crippen LogP) is 3.61. The van der Waals surface area contributed by atoms with E-state index in [2.05, 4.69) is 81.3 Å². The topological polar surface area (TPSA) is 70.0 Å². The minimum atomic E-state index is 0.826. The summed E-state index contributed by atoms with van der Waals surface area (Å²) in [6, 6.07) is 16.8. The summed E-state index contributed by atoms with van der Waals surface area (Å²) in [5.41, 5.74) is 6.19. The lowest BCUT2D eigenvalue weighted by molar-refractivity contribution is 0.785. The lowest BCUT2D eigenvalue weighted by Gasteiger charge is -2.12. The van der Waals surface area contributed by atoms with E-state index in [1.807, 2.05) is 24.0 Å². The van der Waals surface area contributed by atoms with Gasteiger partial charge in [0.25, 0.3) is 0 Å². The smallest absolute Gasteiger partial charge is 0.190 e. The number of benzene rings is 2. The first-order valence-corrected chi connectivity index (χ1v) is 10.3. The molecule has 2 aromatic carbocycles. The van der Waals surface area contributed by atoms with Crippen molar-refractivity contribution in [2.45, 2.75) is 19.8 Å². The third kappa shape index (κ3) is 4.54. The molecule has 0 fully saturated rings. The first-order valence-electron chi connectivity index (χ1n) is 10.3. The maximum absolute atomic E-state index is 4.34. The minimum absolute atomic E-state index is 0.826. The Morgan fingerprint density at radius 2 is 1.83 bits per heavy atom. The van der Waals surface area contributed by atoms with Crippen molar-refractivity contribution in [1.29, 1.82) is 0 Å². The van der Waals surface area contributed by atoms with Crippen molar-refractivity contribution >= 4 is 16.9 Å². The van der Waals surface area contributed by atoms with Gasteiger partial charge in [-0.25, -0.2) is 4.68 Å². The number of rotatable bonds is 7. The van der Waals surface area contributed by atoms with Crippen LogP contribution in [0.4, 0.5) is 0 Å². The number of nitrogens with zero attached hydrogens (tertiary/aromatic N) is 3. The van der Waals surface area contributed by atoms with Crippen LogP contribution in [0.25, 0.3) is 16.6 Å². The molecule has 0 saturated heterocycles. The number of aromatic amines is 1. The summed E-state index contributed by atoms with van der Waals surface area (Å²) in [5, 5.41) is 12.4. The second kappa shape index (κ2) is 9.31. The number of nitrogens with one attached hydrogen (secondary N) is 3. The Hall–Kier alpha value is -3.54. The molecule has 154 valence electrons. The molecule has 6 nitrogen and oxygen atoms in total. The van der Waals surface area contributed by atoms with Crippen molar-refractivity contribution in [2.75, 3.05) is 20.1 Å². The SMILES string of the molecule is CN=C(NCCc1ccc(-n2cccn2)cc1)NCCc1c[nH]c2c(C)cccc12.